The molecule has 5 nitrogen and oxygen atoms in total. The van der Waals surface area contributed by atoms with Crippen molar-refractivity contribution in [1.29, 1.82) is 0 Å². The van der Waals surface area contributed by atoms with Gasteiger partial charge in [0.05, 0.1) is 5.69 Å². The minimum absolute atomic E-state index is 0.163. The number of para-hydroxylation sites is 1. The molecule has 0 saturated carbocycles. The molecule has 1 N–H and O–H groups in total. The first-order valence-corrected chi connectivity index (χ1v) is 5.06. The molecule has 1 aromatic heterocycles. The van der Waals surface area contributed by atoms with Crippen molar-refractivity contribution in [2.24, 2.45) is 0 Å². The number of hydrogen-bond acceptors (Lipinski definition) is 4. The Morgan fingerprint density at radius 1 is 1.44 bits per heavy atom. The third-order valence-corrected chi connectivity index (χ3v) is 2.19. The van der Waals surface area contributed by atoms with Crippen LogP contribution in [0.4, 0.5) is 5.69 Å². The number of anilines is 1. The number of hydrogen-bond donors (Lipinski definition) is 1. The minimum atomic E-state index is 0.163. The average Bonchev–Trinajstić information content (AvgIpc) is 2.79. The second-order valence-corrected chi connectivity index (χ2v) is 3.22. The number of aromatic nitrogens is 2. The quantitative estimate of drug-likeness (QED) is 0.653. The van der Waals surface area contributed by atoms with Crippen molar-refractivity contribution in [3.05, 3.63) is 30.2 Å². The Kier molecular flexibility index (Phi) is 3.16. The minimum Gasteiger partial charge on any atom is -0.338 e. The van der Waals surface area contributed by atoms with Gasteiger partial charge in [0.1, 0.15) is 5.88 Å². The van der Waals surface area contributed by atoms with Crippen LogP contribution in [-0.4, -0.2) is 16.6 Å². The molecule has 0 saturated heterocycles. The normalized spacial score (nSPS) is 10.1. The second kappa shape index (κ2) is 4.76. The van der Waals surface area contributed by atoms with E-state index < -0.39 is 0 Å². The molecule has 0 radical (unpaired) electrons. The molecule has 2 rings (SSSR count). The number of nitrogens with one attached hydrogen (secondary N) is 1. The Balaban J connectivity index is 2.42. The van der Waals surface area contributed by atoms with Crippen molar-refractivity contribution in [1.82, 2.24) is 10.1 Å². The molecule has 0 spiro atoms. The highest BCUT2D eigenvalue weighted by Crippen LogP contribution is 2.24. The summed E-state index contributed by atoms with van der Waals surface area (Å²) in [6.07, 6.45) is 0.599. The molecule has 0 aliphatic carbocycles. The SMILES string of the molecule is O=CNc1ccccc1-c1noc(CCl)n1. The summed E-state index contributed by atoms with van der Waals surface area (Å²) < 4.78 is 4.89. The highest BCUT2D eigenvalue weighted by molar-refractivity contribution is 6.16. The summed E-state index contributed by atoms with van der Waals surface area (Å²) in [5.74, 6) is 0.911. The zero-order valence-corrected chi connectivity index (χ0v) is 8.94. The third-order valence-electron chi connectivity index (χ3n) is 1.96. The fourth-order valence-corrected chi connectivity index (χ4v) is 1.39. The van der Waals surface area contributed by atoms with Gasteiger partial charge in [0, 0.05) is 5.56 Å². The predicted octanol–water partition coefficient (Wildman–Crippen LogP) is 2.04. The van der Waals surface area contributed by atoms with Gasteiger partial charge in [0.15, 0.2) is 0 Å². The molecule has 0 fully saturated rings. The van der Waals surface area contributed by atoms with Gasteiger partial charge in [-0.2, -0.15) is 4.98 Å². The molecule has 2 aromatic rings. The van der Waals surface area contributed by atoms with E-state index in [0.717, 1.165) is 0 Å². The molecule has 6 heteroatoms. The van der Waals surface area contributed by atoms with Gasteiger partial charge in [-0.15, -0.1) is 11.6 Å². The van der Waals surface area contributed by atoms with Crippen LogP contribution in [0.3, 0.4) is 0 Å². The van der Waals surface area contributed by atoms with Gasteiger partial charge in [0.25, 0.3) is 0 Å². The van der Waals surface area contributed by atoms with Crippen LogP contribution in [-0.2, 0) is 10.7 Å². The van der Waals surface area contributed by atoms with Crippen LogP contribution >= 0.6 is 11.6 Å². The number of amides is 1. The zero-order valence-electron chi connectivity index (χ0n) is 8.18. The van der Waals surface area contributed by atoms with E-state index in [0.29, 0.717) is 29.4 Å². The summed E-state index contributed by atoms with van der Waals surface area (Å²) >= 11 is 5.56. The number of alkyl halides is 1. The standard InChI is InChI=1S/C10H8ClN3O2/c11-5-9-13-10(14-16-9)7-3-1-2-4-8(7)12-6-15/h1-4,6H,5H2,(H,12,15). The van der Waals surface area contributed by atoms with Crippen LogP contribution in [0.2, 0.25) is 0 Å². The first kappa shape index (κ1) is 10.6. The number of carbonyl (C=O) groups excluding carboxylic acids is 1. The smallest absolute Gasteiger partial charge is 0.241 e. The Hall–Kier alpha value is -1.88. The van der Waals surface area contributed by atoms with Crippen LogP contribution < -0.4 is 5.32 Å². The Bertz CT molecular complexity index is 498. The van der Waals surface area contributed by atoms with Crippen molar-refractivity contribution in [2.75, 3.05) is 5.32 Å². The molecular formula is C10H8ClN3O2. The molecule has 0 aliphatic heterocycles. The van der Waals surface area contributed by atoms with E-state index in [2.05, 4.69) is 15.5 Å². The van der Waals surface area contributed by atoms with Crippen LogP contribution in [0.1, 0.15) is 5.89 Å². The van der Waals surface area contributed by atoms with Crippen LogP contribution in [0, 0.1) is 0 Å². The third kappa shape index (κ3) is 2.04. The summed E-state index contributed by atoms with van der Waals surface area (Å²) in [5, 5.41) is 6.34. The predicted molar refractivity (Wildman–Crippen MR) is 59.0 cm³/mol. The van der Waals surface area contributed by atoms with Crippen molar-refractivity contribution < 1.29 is 9.32 Å². The lowest BCUT2D eigenvalue weighted by atomic mass is 10.1. The van der Waals surface area contributed by atoms with Gasteiger partial charge in [-0.25, -0.2) is 0 Å². The van der Waals surface area contributed by atoms with Crippen LogP contribution in [0.15, 0.2) is 28.8 Å². The lowest BCUT2D eigenvalue weighted by molar-refractivity contribution is -0.105. The van der Waals surface area contributed by atoms with Crippen LogP contribution in [0.25, 0.3) is 11.4 Å². The van der Waals surface area contributed by atoms with E-state index >= 15 is 0 Å². The second-order valence-electron chi connectivity index (χ2n) is 2.95. The average molecular weight is 238 g/mol. The molecule has 16 heavy (non-hydrogen) atoms. The summed E-state index contributed by atoms with van der Waals surface area (Å²) in [6, 6.07) is 7.16. The summed E-state index contributed by atoms with van der Waals surface area (Å²) in [5.41, 5.74) is 1.31. The monoisotopic (exact) mass is 237 g/mol. The molecular weight excluding hydrogens is 230 g/mol. The molecule has 0 aliphatic rings. The topological polar surface area (TPSA) is 68.0 Å². The van der Waals surface area contributed by atoms with E-state index in [4.69, 9.17) is 16.1 Å². The molecule has 0 bridgehead atoms. The van der Waals surface area contributed by atoms with E-state index in [1.54, 1.807) is 18.2 Å². The Labute approximate surface area is 96.4 Å². The number of rotatable bonds is 4. The first-order valence-electron chi connectivity index (χ1n) is 4.53. The number of halogens is 1. The lowest BCUT2D eigenvalue weighted by Gasteiger charge is -2.02. The summed E-state index contributed by atoms with van der Waals surface area (Å²) in [4.78, 5) is 14.5. The fraction of sp³-hybridized carbons (Fsp3) is 0.100. The van der Waals surface area contributed by atoms with Gasteiger partial charge in [-0.3, -0.25) is 4.79 Å². The number of carbonyl (C=O) groups is 1. The summed E-state index contributed by atoms with van der Waals surface area (Å²) in [6.45, 7) is 0. The number of nitrogens with zero attached hydrogens (tertiary/aromatic N) is 2. The van der Waals surface area contributed by atoms with Crippen molar-refractivity contribution in [3.8, 4) is 11.4 Å². The molecule has 1 heterocycles. The van der Waals surface area contributed by atoms with Gasteiger partial charge >= 0.3 is 0 Å². The van der Waals surface area contributed by atoms with Gasteiger partial charge < -0.3 is 9.84 Å². The molecule has 0 unspecified atom stereocenters. The number of benzene rings is 1. The summed E-state index contributed by atoms with van der Waals surface area (Å²) in [7, 11) is 0. The van der Waals surface area contributed by atoms with E-state index in [-0.39, 0.29) is 5.88 Å². The van der Waals surface area contributed by atoms with Crippen molar-refractivity contribution in [2.45, 2.75) is 5.88 Å². The molecule has 1 aromatic carbocycles. The maximum Gasteiger partial charge on any atom is 0.241 e. The van der Waals surface area contributed by atoms with Gasteiger partial charge in [0.2, 0.25) is 18.1 Å². The lowest BCUT2D eigenvalue weighted by Crippen LogP contribution is -1.96. The maximum atomic E-state index is 10.4. The molecule has 1 amide bonds. The van der Waals surface area contributed by atoms with E-state index in [1.165, 1.54) is 0 Å². The van der Waals surface area contributed by atoms with E-state index in [9.17, 15) is 4.79 Å². The Morgan fingerprint density at radius 3 is 2.94 bits per heavy atom. The Morgan fingerprint density at radius 2 is 2.25 bits per heavy atom. The largest absolute Gasteiger partial charge is 0.338 e. The van der Waals surface area contributed by atoms with E-state index in [1.807, 2.05) is 6.07 Å². The van der Waals surface area contributed by atoms with Gasteiger partial charge in [-0.1, -0.05) is 17.3 Å². The first-order chi connectivity index (χ1) is 7.85. The highest BCUT2D eigenvalue weighted by atomic mass is 35.5. The molecule has 0 atom stereocenters. The van der Waals surface area contributed by atoms with Gasteiger partial charge in [-0.05, 0) is 12.1 Å². The van der Waals surface area contributed by atoms with Crippen molar-refractivity contribution >= 4 is 23.7 Å². The fourth-order valence-electron chi connectivity index (χ4n) is 1.29. The highest BCUT2D eigenvalue weighted by Gasteiger charge is 2.11. The van der Waals surface area contributed by atoms with Crippen molar-refractivity contribution in [3.63, 3.8) is 0 Å². The zero-order chi connectivity index (χ0) is 11.4. The molecule has 82 valence electrons. The van der Waals surface area contributed by atoms with Crippen LogP contribution in [0.5, 0.6) is 0 Å². The maximum absolute atomic E-state index is 10.4.